The first-order valence-corrected chi connectivity index (χ1v) is 7.52. The van der Waals surface area contributed by atoms with Gasteiger partial charge in [-0.3, -0.25) is 9.36 Å². The molecule has 4 nitrogen and oxygen atoms in total. The third kappa shape index (κ3) is 3.01. The Kier molecular flexibility index (Phi) is 4.08. The van der Waals surface area contributed by atoms with Crippen molar-refractivity contribution in [1.82, 2.24) is 9.55 Å². The largest absolute Gasteiger partial charge is 0.386 e. The summed E-state index contributed by atoms with van der Waals surface area (Å²) < 4.78 is 1.43. The molecule has 1 fully saturated rings. The number of halogens is 1. The molecule has 1 aromatic carbocycles. The summed E-state index contributed by atoms with van der Waals surface area (Å²) >= 11 is 6.06. The summed E-state index contributed by atoms with van der Waals surface area (Å²) in [5.41, 5.74) is 1.36. The van der Waals surface area contributed by atoms with Crippen LogP contribution in [0.1, 0.15) is 42.5 Å². The fourth-order valence-electron chi connectivity index (χ4n) is 2.53. The fraction of sp³-hybridized carbons (Fsp3) is 0.375. The van der Waals surface area contributed by atoms with Gasteiger partial charge in [0, 0.05) is 22.6 Å². The number of aliphatic hydroxyl groups excluding tert-OH is 1. The van der Waals surface area contributed by atoms with Gasteiger partial charge in [-0.1, -0.05) is 36.2 Å². The monoisotopic (exact) mass is 304 g/mol. The van der Waals surface area contributed by atoms with E-state index in [1.807, 2.05) is 6.07 Å². The van der Waals surface area contributed by atoms with Gasteiger partial charge in [-0.2, -0.15) is 0 Å². The van der Waals surface area contributed by atoms with Crippen LogP contribution in [0.15, 0.2) is 41.5 Å². The van der Waals surface area contributed by atoms with E-state index in [-0.39, 0.29) is 12.1 Å². The molecule has 0 saturated heterocycles. The molecule has 1 aliphatic rings. The minimum absolute atomic E-state index is 0.127. The number of benzene rings is 1. The highest BCUT2D eigenvalue weighted by molar-refractivity contribution is 6.31. The maximum absolute atomic E-state index is 12.1. The van der Waals surface area contributed by atoms with Gasteiger partial charge in [-0.05, 0) is 18.9 Å². The summed E-state index contributed by atoms with van der Waals surface area (Å²) in [6.45, 7) is 0.153. The first kappa shape index (κ1) is 14.3. The lowest BCUT2D eigenvalue weighted by Crippen LogP contribution is -2.25. The van der Waals surface area contributed by atoms with E-state index in [4.69, 9.17) is 11.6 Å². The molecule has 0 bridgehead atoms. The summed E-state index contributed by atoms with van der Waals surface area (Å²) in [6.07, 6.45) is 4.13. The molecular formula is C16H17ClN2O2. The van der Waals surface area contributed by atoms with Crippen molar-refractivity contribution in [1.29, 1.82) is 0 Å². The number of aliphatic hydroxyl groups is 1. The molecule has 1 N–H and O–H groups in total. The third-order valence-electron chi connectivity index (χ3n) is 4.06. The Hall–Kier alpha value is -1.65. The molecule has 21 heavy (non-hydrogen) atoms. The minimum atomic E-state index is -0.826. The predicted octanol–water partition coefficient (Wildman–Crippen LogP) is 2.90. The Balaban J connectivity index is 1.78. The average Bonchev–Trinajstić information content (AvgIpc) is 2.40. The highest BCUT2D eigenvalue weighted by atomic mass is 35.5. The van der Waals surface area contributed by atoms with Gasteiger partial charge in [0.1, 0.15) is 0 Å². The lowest BCUT2D eigenvalue weighted by Gasteiger charge is -2.24. The summed E-state index contributed by atoms with van der Waals surface area (Å²) in [5.74, 6) is 0.431. The number of aromatic nitrogens is 2. The lowest BCUT2D eigenvalue weighted by molar-refractivity contribution is 0.154. The van der Waals surface area contributed by atoms with Crippen molar-refractivity contribution >= 4 is 11.6 Å². The molecule has 1 saturated carbocycles. The zero-order valence-corrected chi connectivity index (χ0v) is 12.3. The van der Waals surface area contributed by atoms with Crippen molar-refractivity contribution in [2.45, 2.75) is 37.8 Å². The molecule has 110 valence electrons. The van der Waals surface area contributed by atoms with Crippen LogP contribution in [0, 0.1) is 0 Å². The summed E-state index contributed by atoms with van der Waals surface area (Å²) in [6, 6.07) is 8.68. The molecule has 2 aromatic rings. The number of nitrogens with zero attached hydrogens (tertiary/aromatic N) is 2. The van der Waals surface area contributed by atoms with Crippen LogP contribution < -0.4 is 5.56 Å². The van der Waals surface area contributed by atoms with Gasteiger partial charge in [0.05, 0.1) is 24.7 Å². The molecule has 0 aliphatic heterocycles. The van der Waals surface area contributed by atoms with Gasteiger partial charge in [0.2, 0.25) is 0 Å². The minimum Gasteiger partial charge on any atom is -0.386 e. The standard InChI is InChI=1S/C16H17ClN2O2/c17-13-7-2-1-6-12(13)15(20)9-19-10-18-14(8-16(19)21)11-4-3-5-11/h1-2,6-8,10-11,15,20H,3-5,9H2. The third-order valence-corrected chi connectivity index (χ3v) is 4.40. The molecule has 0 amide bonds. The first-order chi connectivity index (χ1) is 10.1. The smallest absolute Gasteiger partial charge is 0.253 e. The molecule has 1 atom stereocenters. The Morgan fingerprint density at radius 3 is 2.76 bits per heavy atom. The summed E-state index contributed by atoms with van der Waals surface area (Å²) in [5, 5.41) is 10.7. The van der Waals surface area contributed by atoms with Crippen molar-refractivity contribution in [2.75, 3.05) is 0 Å². The van der Waals surface area contributed by atoms with E-state index in [0.717, 1.165) is 18.5 Å². The van der Waals surface area contributed by atoms with Crippen molar-refractivity contribution in [3.8, 4) is 0 Å². The van der Waals surface area contributed by atoms with Crippen LogP contribution in [-0.2, 0) is 6.54 Å². The Morgan fingerprint density at radius 1 is 1.38 bits per heavy atom. The molecule has 1 unspecified atom stereocenters. The van der Waals surface area contributed by atoms with Crippen LogP contribution in [0.2, 0.25) is 5.02 Å². The van der Waals surface area contributed by atoms with Crippen LogP contribution in [-0.4, -0.2) is 14.7 Å². The van der Waals surface area contributed by atoms with E-state index in [0.29, 0.717) is 16.5 Å². The van der Waals surface area contributed by atoms with Crippen molar-refractivity contribution in [3.63, 3.8) is 0 Å². The topological polar surface area (TPSA) is 55.1 Å². The second kappa shape index (κ2) is 6.00. The lowest BCUT2D eigenvalue weighted by atomic mass is 9.83. The van der Waals surface area contributed by atoms with Gasteiger partial charge in [0.15, 0.2) is 0 Å². The van der Waals surface area contributed by atoms with Gasteiger partial charge in [0.25, 0.3) is 5.56 Å². The number of hydrogen-bond acceptors (Lipinski definition) is 3. The quantitative estimate of drug-likeness (QED) is 0.945. The maximum atomic E-state index is 12.1. The van der Waals surface area contributed by atoms with Crippen LogP contribution in [0.4, 0.5) is 0 Å². The van der Waals surface area contributed by atoms with E-state index in [1.54, 1.807) is 24.3 Å². The fourth-order valence-corrected chi connectivity index (χ4v) is 2.80. The maximum Gasteiger partial charge on any atom is 0.253 e. The van der Waals surface area contributed by atoms with Crippen molar-refractivity contribution in [2.24, 2.45) is 0 Å². The van der Waals surface area contributed by atoms with Gasteiger partial charge in [-0.15, -0.1) is 0 Å². The highest BCUT2D eigenvalue weighted by Gasteiger charge is 2.21. The number of hydrogen-bond donors (Lipinski definition) is 1. The molecule has 3 rings (SSSR count). The Morgan fingerprint density at radius 2 is 2.14 bits per heavy atom. The summed E-state index contributed by atoms with van der Waals surface area (Å²) in [7, 11) is 0. The molecule has 0 radical (unpaired) electrons. The predicted molar refractivity (Wildman–Crippen MR) is 81.5 cm³/mol. The van der Waals surface area contributed by atoms with Crippen LogP contribution in [0.25, 0.3) is 0 Å². The molecule has 1 aliphatic carbocycles. The normalized spacial score (nSPS) is 16.5. The highest BCUT2D eigenvalue weighted by Crippen LogP contribution is 2.34. The van der Waals surface area contributed by atoms with E-state index >= 15 is 0 Å². The van der Waals surface area contributed by atoms with Crippen molar-refractivity contribution in [3.05, 3.63) is 63.3 Å². The van der Waals surface area contributed by atoms with Gasteiger partial charge < -0.3 is 5.11 Å². The van der Waals surface area contributed by atoms with Crippen LogP contribution in [0.3, 0.4) is 0 Å². The van der Waals surface area contributed by atoms with Crippen molar-refractivity contribution < 1.29 is 5.11 Å². The van der Waals surface area contributed by atoms with E-state index in [9.17, 15) is 9.90 Å². The van der Waals surface area contributed by atoms with Crippen LogP contribution >= 0.6 is 11.6 Å². The molecule has 0 spiro atoms. The second-order valence-electron chi connectivity index (χ2n) is 5.47. The zero-order chi connectivity index (χ0) is 14.8. The van der Waals surface area contributed by atoms with E-state index in [1.165, 1.54) is 17.3 Å². The van der Waals surface area contributed by atoms with Crippen LogP contribution in [0.5, 0.6) is 0 Å². The average molecular weight is 305 g/mol. The number of rotatable bonds is 4. The second-order valence-corrected chi connectivity index (χ2v) is 5.88. The van der Waals surface area contributed by atoms with E-state index < -0.39 is 6.10 Å². The first-order valence-electron chi connectivity index (χ1n) is 7.14. The van der Waals surface area contributed by atoms with Gasteiger partial charge in [-0.25, -0.2) is 4.98 Å². The molecule has 5 heteroatoms. The summed E-state index contributed by atoms with van der Waals surface area (Å²) in [4.78, 5) is 16.5. The molecule has 1 heterocycles. The van der Waals surface area contributed by atoms with Gasteiger partial charge >= 0.3 is 0 Å². The Bertz CT molecular complexity index is 695. The molecular weight excluding hydrogens is 288 g/mol. The molecule has 1 aromatic heterocycles. The zero-order valence-electron chi connectivity index (χ0n) is 11.6. The Labute approximate surface area is 128 Å². The SMILES string of the molecule is O=c1cc(C2CCC2)ncn1CC(O)c1ccccc1Cl. The van der Waals surface area contributed by atoms with E-state index in [2.05, 4.69) is 4.98 Å².